The number of pyridine rings is 2. The number of rotatable bonds is 6. The Labute approximate surface area is 145 Å². The number of thiazole rings is 1. The lowest BCUT2D eigenvalue weighted by molar-refractivity contribution is 0.389. The molecule has 3 aromatic rings. The van der Waals surface area contributed by atoms with Crippen LogP contribution in [0.3, 0.4) is 0 Å². The molecule has 0 spiro atoms. The quantitative estimate of drug-likeness (QED) is 0.744. The summed E-state index contributed by atoms with van der Waals surface area (Å²) in [6, 6.07) is 6.02. The van der Waals surface area contributed by atoms with Crippen molar-refractivity contribution in [3.63, 3.8) is 0 Å². The van der Waals surface area contributed by atoms with E-state index in [1.165, 1.54) is 10.4 Å². The maximum absolute atomic E-state index is 5.40. The van der Waals surface area contributed by atoms with Gasteiger partial charge in [0.2, 0.25) is 5.88 Å². The lowest BCUT2D eigenvalue weighted by atomic mass is 10.1. The van der Waals surface area contributed by atoms with Crippen molar-refractivity contribution in [2.75, 3.05) is 7.11 Å². The normalized spacial score (nSPS) is 10.8. The average molecular weight is 340 g/mol. The van der Waals surface area contributed by atoms with Gasteiger partial charge in [-0.3, -0.25) is 4.98 Å². The molecule has 3 heterocycles. The Kier molecular flexibility index (Phi) is 5.17. The summed E-state index contributed by atoms with van der Waals surface area (Å²) in [5.41, 5.74) is 4.30. The molecule has 0 amide bonds. The molecular weight excluding hydrogens is 320 g/mol. The second-order valence-corrected chi connectivity index (χ2v) is 6.66. The molecule has 0 saturated heterocycles. The Bertz CT molecular complexity index is 817. The molecule has 24 heavy (non-hydrogen) atoms. The lowest BCUT2D eigenvalue weighted by Crippen LogP contribution is -2.14. The molecule has 0 fully saturated rings. The third kappa shape index (κ3) is 3.77. The highest BCUT2D eigenvalue weighted by Gasteiger charge is 2.10. The van der Waals surface area contributed by atoms with Gasteiger partial charge in [-0.05, 0) is 37.6 Å². The van der Waals surface area contributed by atoms with Gasteiger partial charge in [0, 0.05) is 53.4 Å². The third-order valence-corrected chi connectivity index (χ3v) is 4.74. The maximum atomic E-state index is 5.40. The molecule has 0 aliphatic rings. The molecule has 0 aliphatic carbocycles. The molecule has 0 unspecified atom stereocenters. The summed E-state index contributed by atoms with van der Waals surface area (Å²) in [7, 11) is 1.66. The SMILES string of the molecule is COc1nc(C)cc(C)c1CNCc1cnc(-c2cccnc2)s1. The van der Waals surface area contributed by atoms with Crippen LogP contribution in [0.2, 0.25) is 0 Å². The molecular formula is C18H20N4OS. The summed E-state index contributed by atoms with van der Waals surface area (Å²) in [5, 5.41) is 4.44. The van der Waals surface area contributed by atoms with Crippen LogP contribution in [0.15, 0.2) is 36.8 Å². The highest BCUT2D eigenvalue weighted by molar-refractivity contribution is 7.15. The first-order chi connectivity index (χ1) is 11.7. The number of aryl methyl sites for hydroxylation is 2. The van der Waals surface area contributed by atoms with Crippen LogP contribution < -0.4 is 10.1 Å². The standard InChI is InChI=1S/C18H20N4OS/c1-12-7-13(2)22-17(23-3)16(12)11-20-9-15-10-21-18(24-15)14-5-4-6-19-8-14/h4-8,10,20H,9,11H2,1-3H3. The zero-order chi connectivity index (χ0) is 16.9. The molecule has 3 rings (SSSR count). The van der Waals surface area contributed by atoms with E-state index in [0.29, 0.717) is 12.4 Å². The van der Waals surface area contributed by atoms with Gasteiger partial charge >= 0.3 is 0 Å². The fourth-order valence-electron chi connectivity index (χ4n) is 2.54. The lowest BCUT2D eigenvalue weighted by Gasteiger charge is -2.12. The first-order valence-corrected chi connectivity index (χ1v) is 8.56. The van der Waals surface area contributed by atoms with Gasteiger partial charge in [-0.25, -0.2) is 9.97 Å². The molecule has 0 radical (unpaired) electrons. The van der Waals surface area contributed by atoms with Crippen molar-refractivity contribution in [1.29, 1.82) is 0 Å². The topological polar surface area (TPSA) is 59.9 Å². The van der Waals surface area contributed by atoms with Crippen LogP contribution in [0.1, 0.15) is 21.7 Å². The van der Waals surface area contributed by atoms with Crippen LogP contribution in [-0.4, -0.2) is 22.1 Å². The number of ether oxygens (including phenoxy) is 1. The Balaban J connectivity index is 1.65. The second-order valence-electron chi connectivity index (χ2n) is 5.55. The fourth-order valence-corrected chi connectivity index (χ4v) is 3.41. The van der Waals surface area contributed by atoms with E-state index in [9.17, 15) is 0 Å². The predicted molar refractivity (Wildman–Crippen MR) is 96.2 cm³/mol. The molecule has 0 bridgehead atoms. The molecule has 1 N–H and O–H groups in total. The van der Waals surface area contributed by atoms with Crippen LogP contribution in [0.4, 0.5) is 0 Å². The minimum absolute atomic E-state index is 0.695. The largest absolute Gasteiger partial charge is 0.481 e. The summed E-state index contributed by atoms with van der Waals surface area (Å²) >= 11 is 1.68. The van der Waals surface area contributed by atoms with Gasteiger partial charge in [0.05, 0.1) is 7.11 Å². The summed E-state index contributed by atoms with van der Waals surface area (Å²) in [6.45, 7) is 5.53. The minimum atomic E-state index is 0.695. The van der Waals surface area contributed by atoms with Crippen molar-refractivity contribution in [2.24, 2.45) is 0 Å². The molecule has 0 atom stereocenters. The van der Waals surface area contributed by atoms with Crippen molar-refractivity contribution in [2.45, 2.75) is 26.9 Å². The molecule has 6 heteroatoms. The van der Waals surface area contributed by atoms with E-state index in [1.54, 1.807) is 24.6 Å². The van der Waals surface area contributed by atoms with E-state index < -0.39 is 0 Å². The zero-order valence-corrected chi connectivity index (χ0v) is 14.9. The average Bonchev–Trinajstić information content (AvgIpc) is 3.06. The summed E-state index contributed by atoms with van der Waals surface area (Å²) in [5.74, 6) is 0.695. The summed E-state index contributed by atoms with van der Waals surface area (Å²) in [6.07, 6.45) is 5.52. The number of hydrogen-bond acceptors (Lipinski definition) is 6. The van der Waals surface area contributed by atoms with Crippen LogP contribution in [0, 0.1) is 13.8 Å². The fraction of sp³-hybridized carbons (Fsp3) is 0.278. The van der Waals surface area contributed by atoms with Gasteiger partial charge < -0.3 is 10.1 Å². The van der Waals surface area contributed by atoms with Crippen molar-refractivity contribution in [3.05, 3.63) is 58.5 Å². The first-order valence-electron chi connectivity index (χ1n) is 7.74. The van der Waals surface area contributed by atoms with Crippen LogP contribution >= 0.6 is 11.3 Å². The second kappa shape index (κ2) is 7.51. The highest BCUT2D eigenvalue weighted by atomic mass is 32.1. The van der Waals surface area contributed by atoms with Gasteiger partial charge in [-0.15, -0.1) is 11.3 Å². The third-order valence-electron chi connectivity index (χ3n) is 3.69. The van der Waals surface area contributed by atoms with Crippen molar-refractivity contribution in [3.8, 4) is 16.5 Å². The van der Waals surface area contributed by atoms with E-state index >= 15 is 0 Å². The molecule has 0 aromatic carbocycles. The van der Waals surface area contributed by atoms with E-state index in [-0.39, 0.29) is 0 Å². The number of nitrogens with zero attached hydrogens (tertiary/aromatic N) is 3. The zero-order valence-electron chi connectivity index (χ0n) is 14.0. The van der Waals surface area contributed by atoms with E-state index in [4.69, 9.17) is 4.74 Å². The molecule has 0 saturated carbocycles. The number of aromatic nitrogens is 3. The summed E-state index contributed by atoms with van der Waals surface area (Å²) < 4.78 is 5.40. The van der Waals surface area contributed by atoms with E-state index in [2.05, 4.69) is 33.3 Å². The monoisotopic (exact) mass is 340 g/mol. The maximum Gasteiger partial charge on any atom is 0.218 e. The highest BCUT2D eigenvalue weighted by Crippen LogP contribution is 2.25. The molecule has 124 valence electrons. The van der Waals surface area contributed by atoms with Crippen molar-refractivity contribution < 1.29 is 4.74 Å². The van der Waals surface area contributed by atoms with Crippen molar-refractivity contribution in [1.82, 2.24) is 20.3 Å². The Hall–Kier alpha value is -2.31. The smallest absolute Gasteiger partial charge is 0.218 e. The number of hydrogen-bond donors (Lipinski definition) is 1. The van der Waals surface area contributed by atoms with Crippen LogP contribution in [0.5, 0.6) is 5.88 Å². The van der Waals surface area contributed by atoms with Crippen LogP contribution in [0.25, 0.3) is 10.6 Å². The minimum Gasteiger partial charge on any atom is -0.481 e. The number of nitrogens with one attached hydrogen (secondary N) is 1. The van der Waals surface area contributed by atoms with Crippen molar-refractivity contribution >= 4 is 11.3 Å². The van der Waals surface area contributed by atoms with Gasteiger partial charge in [0.15, 0.2) is 0 Å². The van der Waals surface area contributed by atoms with Gasteiger partial charge in [0.25, 0.3) is 0 Å². The summed E-state index contributed by atoms with van der Waals surface area (Å²) in [4.78, 5) is 14.2. The Morgan fingerprint density at radius 2 is 2.08 bits per heavy atom. The van der Waals surface area contributed by atoms with E-state index in [1.807, 2.05) is 31.5 Å². The van der Waals surface area contributed by atoms with E-state index in [0.717, 1.165) is 28.4 Å². The van der Waals surface area contributed by atoms with Gasteiger partial charge in [-0.2, -0.15) is 0 Å². The molecule has 5 nitrogen and oxygen atoms in total. The first kappa shape index (κ1) is 16.5. The van der Waals surface area contributed by atoms with Gasteiger partial charge in [0.1, 0.15) is 5.01 Å². The van der Waals surface area contributed by atoms with Gasteiger partial charge in [-0.1, -0.05) is 0 Å². The molecule has 3 aromatic heterocycles. The Morgan fingerprint density at radius 1 is 1.21 bits per heavy atom. The number of methoxy groups -OCH3 is 1. The van der Waals surface area contributed by atoms with Crippen LogP contribution in [-0.2, 0) is 13.1 Å². The Morgan fingerprint density at radius 3 is 2.83 bits per heavy atom. The molecule has 0 aliphatic heterocycles. The predicted octanol–water partition coefficient (Wildman–Crippen LogP) is 3.52.